The molecule has 3 heteroatoms. The summed E-state index contributed by atoms with van der Waals surface area (Å²) in [5.74, 6) is 1.69. The largest absolute Gasteiger partial charge is 0.497 e. The van der Waals surface area contributed by atoms with Gasteiger partial charge in [-0.2, -0.15) is 0 Å². The number of hydrogen-bond acceptors (Lipinski definition) is 3. The van der Waals surface area contributed by atoms with Crippen LogP contribution in [0.25, 0.3) is 0 Å². The quantitative estimate of drug-likeness (QED) is 0.814. The molecule has 0 radical (unpaired) electrons. The summed E-state index contributed by atoms with van der Waals surface area (Å²) in [6.45, 7) is 10.4. The van der Waals surface area contributed by atoms with Crippen molar-refractivity contribution in [3.05, 3.63) is 24.3 Å². The molecule has 0 unspecified atom stereocenters. The van der Waals surface area contributed by atoms with Crippen LogP contribution in [0.2, 0.25) is 0 Å². The Hall–Kier alpha value is -1.22. The van der Waals surface area contributed by atoms with Crippen LogP contribution in [0, 0.1) is 5.92 Å². The summed E-state index contributed by atoms with van der Waals surface area (Å²) < 4.78 is 5.19. The van der Waals surface area contributed by atoms with Gasteiger partial charge in [0.25, 0.3) is 0 Å². The highest BCUT2D eigenvalue weighted by Crippen LogP contribution is 2.20. The molecule has 1 heterocycles. The second-order valence-electron chi connectivity index (χ2n) is 5.38. The predicted molar refractivity (Wildman–Crippen MR) is 76.5 cm³/mol. The third kappa shape index (κ3) is 3.39. The van der Waals surface area contributed by atoms with Crippen LogP contribution in [0.1, 0.15) is 13.8 Å². The van der Waals surface area contributed by atoms with E-state index in [4.69, 9.17) is 4.74 Å². The molecule has 1 fully saturated rings. The third-order valence-electron chi connectivity index (χ3n) is 3.43. The molecule has 0 saturated carbocycles. The molecule has 1 saturated heterocycles. The van der Waals surface area contributed by atoms with Crippen LogP contribution in [0.5, 0.6) is 5.75 Å². The molecule has 0 aromatic heterocycles. The molecule has 1 aromatic carbocycles. The van der Waals surface area contributed by atoms with Gasteiger partial charge in [-0.05, 0) is 30.2 Å². The number of benzene rings is 1. The number of anilines is 1. The van der Waals surface area contributed by atoms with Crippen LogP contribution in [0.4, 0.5) is 5.69 Å². The van der Waals surface area contributed by atoms with Crippen molar-refractivity contribution < 1.29 is 4.74 Å². The van der Waals surface area contributed by atoms with E-state index in [1.54, 1.807) is 7.11 Å². The fraction of sp³-hybridized carbons (Fsp3) is 0.600. The third-order valence-corrected chi connectivity index (χ3v) is 3.43. The van der Waals surface area contributed by atoms with Crippen LogP contribution in [0.15, 0.2) is 24.3 Å². The Labute approximate surface area is 110 Å². The summed E-state index contributed by atoms with van der Waals surface area (Å²) >= 11 is 0. The van der Waals surface area contributed by atoms with E-state index in [1.807, 2.05) is 12.1 Å². The molecule has 1 aliphatic rings. The Balaban J connectivity index is 1.88. The van der Waals surface area contributed by atoms with Crippen molar-refractivity contribution in [1.29, 1.82) is 0 Å². The van der Waals surface area contributed by atoms with E-state index in [0.29, 0.717) is 0 Å². The van der Waals surface area contributed by atoms with Crippen LogP contribution in [-0.2, 0) is 0 Å². The molecule has 0 atom stereocenters. The number of hydrogen-bond donors (Lipinski definition) is 0. The van der Waals surface area contributed by atoms with Crippen molar-refractivity contribution in [3.8, 4) is 5.75 Å². The van der Waals surface area contributed by atoms with Gasteiger partial charge in [0.05, 0.1) is 7.11 Å². The molecule has 1 aliphatic heterocycles. The standard InChI is InChI=1S/C15H24N2O/c1-13(2)12-16-8-10-17(11-9-16)14-4-6-15(18-3)7-5-14/h4-7,13H,8-12H2,1-3H3. The van der Waals surface area contributed by atoms with Gasteiger partial charge in [-0.1, -0.05) is 13.8 Å². The van der Waals surface area contributed by atoms with Crippen molar-refractivity contribution in [3.63, 3.8) is 0 Å². The van der Waals surface area contributed by atoms with Gasteiger partial charge in [0.2, 0.25) is 0 Å². The highest BCUT2D eigenvalue weighted by Gasteiger charge is 2.17. The van der Waals surface area contributed by atoms with Crippen molar-refractivity contribution in [2.24, 2.45) is 5.92 Å². The molecule has 0 bridgehead atoms. The zero-order valence-electron chi connectivity index (χ0n) is 11.7. The molecule has 2 rings (SSSR count). The number of piperazine rings is 1. The average molecular weight is 248 g/mol. The molecular weight excluding hydrogens is 224 g/mol. The summed E-state index contributed by atoms with van der Waals surface area (Å²) in [5, 5.41) is 0. The second kappa shape index (κ2) is 6.10. The molecule has 0 amide bonds. The molecule has 1 aromatic rings. The molecule has 0 N–H and O–H groups in total. The summed E-state index contributed by atoms with van der Waals surface area (Å²) in [6.07, 6.45) is 0. The fourth-order valence-electron chi connectivity index (χ4n) is 2.50. The van der Waals surface area contributed by atoms with Gasteiger partial charge in [0.1, 0.15) is 5.75 Å². The second-order valence-corrected chi connectivity index (χ2v) is 5.38. The first-order chi connectivity index (χ1) is 8.69. The van der Waals surface area contributed by atoms with Crippen LogP contribution >= 0.6 is 0 Å². The van der Waals surface area contributed by atoms with Gasteiger partial charge in [0, 0.05) is 38.4 Å². The summed E-state index contributed by atoms with van der Waals surface area (Å²) in [5.41, 5.74) is 1.31. The summed E-state index contributed by atoms with van der Waals surface area (Å²) in [4.78, 5) is 5.01. The van der Waals surface area contributed by atoms with E-state index in [2.05, 4.69) is 35.8 Å². The van der Waals surface area contributed by atoms with Crippen molar-refractivity contribution in [1.82, 2.24) is 4.90 Å². The summed E-state index contributed by atoms with van der Waals surface area (Å²) in [6, 6.07) is 8.37. The smallest absolute Gasteiger partial charge is 0.119 e. The molecule has 3 nitrogen and oxygen atoms in total. The maximum atomic E-state index is 5.19. The number of nitrogens with zero attached hydrogens (tertiary/aromatic N) is 2. The van der Waals surface area contributed by atoms with Crippen molar-refractivity contribution >= 4 is 5.69 Å². The zero-order chi connectivity index (χ0) is 13.0. The number of methoxy groups -OCH3 is 1. The first kappa shape index (κ1) is 13.2. The lowest BCUT2D eigenvalue weighted by atomic mass is 10.2. The first-order valence-electron chi connectivity index (χ1n) is 6.80. The normalized spacial score (nSPS) is 17.2. The lowest BCUT2D eigenvalue weighted by molar-refractivity contribution is 0.231. The highest BCUT2D eigenvalue weighted by atomic mass is 16.5. The van der Waals surface area contributed by atoms with E-state index < -0.39 is 0 Å². The SMILES string of the molecule is COc1ccc(N2CCN(CC(C)C)CC2)cc1. The first-order valence-corrected chi connectivity index (χ1v) is 6.80. The van der Waals surface area contributed by atoms with Crippen molar-refractivity contribution in [2.45, 2.75) is 13.8 Å². The Kier molecular flexibility index (Phi) is 4.48. The van der Waals surface area contributed by atoms with Crippen molar-refractivity contribution in [2.75, 3.05) is 44.7 Å². The van der Waals surface area contributed by atoms with E-state index >= 15 is 0 Å². The topological polar surface area (TPSA) is 15.7 Å². The Morgan fingerprint density at radius 3 is 2.17 bits per heavy atom. The molecule has 0 aliphatic carbocycles. The van der Waals surface area contributed by atoms with E-state index in [0.717, 1.165) is 24.8 Å². The Morgan fingerprint density at radius 1 is 1.06 bits per heavy atom. The van der Waals surface area contributed by atoms with Crippen LogP contribution < -0.4 is 9.64 Å². The van der Waals surface area contributed by atoms with Crippen LogP contribution in [-0.4, -0.2) is 44.7 Å². The molecule has 18 heavy (non-hydrogen) atoms. The van der Waals surface area contributed by atoms with E-state index in [1.165, 1.54) is 25.3 Å². The zero-order valence-corrected chi connectivity index (χ0v) is 11.7. The monoisotopic (exact) mass is 248 g/mol. The maximum absolute atomic E-state index is 5.19. The minimum atomic E-state index is 0.762. The lowest BCUT2D eigenvalue weighted by Gasteiger charge is -2.36. The number of ether oxygens (including phenoxy) is 1. The van der Waals surface area contributed by atoms with Gasteiger partial charge < -0.3 is 9.64 Å². The Morgan fingerprint density at radius 2 is 1.67 bits per heavy atom. The lowest BCUT2D eigenvalue weighted by Crippen LogP contribution is -2.47. The van der Waals surface area contributed by atoms with E-state index in [-0.39, 0.29) is 0 Å². The maximum Gasteiger partial charge on any atom is 0.119 e. The average Bonchev–Trinajstić information content (AvgIpc) is 2.39. The molecule has 0 spiro atoms. The minimum absolute atomic E-state index is 0.762. The highest BCUT2D eigenvalue weighted by molar-refractivity contribution is 5.49. The van der Waals surface area contributed by atoms with Gasteiger partial charge in [0.15, 0.2) is 0 Å². The Bertz CT molecular complexity index is 353. The van der Waals surface area contributed by atoms with Crippen LogP contribution in [0.3, 0.4) is 0 Å². The van der Waals surface area contributed by atoms with Gasteiger partial charge in [-0.25, -0.2) is 0 Å². The predicted octanol–water partition coefficient (Wildman–Crippen LogP) is 2.47. The van der Waals surface area contributed by atoms with Gasteiger partial charge >= 0.3 is 0 Å². The molecular formula is C15H24N2O. The van der Waals surface area contributed by atoms with Gasteiger partial charge in [-0.15, -0.1) is 0 Å². The minimum Gasteiger partial charge on any atom is -0.497 e. The van der Waals surface area contributed by atoms with E-state index in [9.17, 15) is 0 Å². The fourth-order valence-corrected chi connectivity index (χ4v) is 2.50. The van der Waals surface area contributed by atoms with Gasteiger partial charge in [-0.3, -0.25) is 4.90 Å². The summed E-state index contributed by atoms with van der Waals surface area (Å²) in [7, 11) is 1.71. The molecule has 100 valence electrons. The number of rotatable bonds is 4.